The summed E-state index contributed by atoms with van der Waals surface area (Å²) in [5, 5.41) is 16.5. The van der Waals surface area contributed by atoms with Gasteiger partial charge in [0.25, 0.3) is 0 Å². The molecule has 3 nitrogen and oxygen atoms in total. The largest absolute Gasteiger partial charge is 0.481 e. The Kier molecular flexibility index (Phi) is 12.3. The number of carbonyl (C=O) groups is 1. The zero-order valence-electron chi connectivity index (χ0n) is 11.7. The second-order valence-corrected chi connectivity index (χ2v) is 4.55. The van der Waals surface area contributed by atoms with E-state index in [0.717, 1.165) is 12.8 Å². The van der Waals surface area contributed by atoms with Gasteiger partial charge in [-0.2, -0.15) is 0 Å². The van der Waals surface area contributed by atoms with Crippen LogP contribution >= 0.6 is 0 Å². The summed E-state index contributed by atoms with van der Waals surface area (Å²) in [5.41, 5.74) is 2.63. The topological polar surface area (TPSA) is 57.5 Å². The monoisotopic (exact) mass is 242 g/mol. The standard InChI is InChI=1S/C10H18O.C4H8O2/c1-9(2)5-4-6-10(3)7-8-11;1-3(2)4(5)6/h5,7,11H,4,6,8H2,1-3H3;3H,1-2H3,(H,5,6)/b10-7+;. The number of hydrogen-bond donors (Lipinski definition) is 2. The van der Waals surface area contributed by atoms with Crippen molar-refractivity contribution in [2.24, 2.45) is 5.92 Å². The Hall–Kier alpha value is -1.09. The molecule has 0 saturated carbocycles. The molecule has 0 spiro atoms. The highest BCUT2D eigenvalue weighted by Gasteiger charge is 1.99. The Morgan fingerprint density at radius 2 is 1.65 bits per heavy atom. The van der Waals surface area contributed by atoms with Gasteiger partial charge in [-0.05, 0) is 33.6 Å². The molecular weight excluding hydrogens is 216 g/mol. The van der Waals surface area contributed by atoms with Gasteiger partial charge < -0.3 is 10.2 Å². The van der Waals surface area contributed by atoms with E-state index in [1.165, 1.54) is 11.1 Å². The Balaban J connectivity index is 0. The molecule has 0 rings (SSSR count). The molecule has 0 aromatic carbocycles. The Morgan fingerprint density at radius 3 is 1.94 bits per heavy atom. The van der Waals surface area contributed by atoms with Gasteiger partial charge in [-0.15, -0.1) is 0 Å². The van der Waals surface area contributed by atoms with Crippen LogP contribution in [0.3, 0.4) is 0 Å². The number of allylic oxidation sites excluding steroid dienone is 3. The molecular formula is C14H26O3. The summed E-state index contributed by atoms with van der Waals surface area (Å²) in [7, 11) is 0. The van der Waals surface area contributed by atoms with Crippen molar-refractivity contribution < 1.29 is 15.0 Å². The fourth-order valence-electron chi connectivity index (χ4n) is 0.846. The third kappa shape index (κ3) is 17.5. The first-order valence-electron chi connectivity index (χ1n) is 5.93. The van der Waals surface area contributed by atoms with E-state index in [4.69, 9.17) is 10.2 Å². The van der Waals surface area contributed by atoms with Crippen molar-refractivity contribution in [2.75, 3.05) is 6.61 Å². The molecule has 0 radical (unpaired) electrons. The summed E-state index contributed by atoms with van der Waals surface area (Å²) in [6, 6.07) is 0. The first-order valence-corrected chi connectivity index (χ1v) is 5.93. The SMILES string of the molecule is CC(C)=CCC/C(C)=C/CO.CC(C)C(=O)O. The first-order chi connectivity index (χ1) is 7.81. The minimum Gasteiger partial charge on any atom is -0.481 e. The van der Waals surface area contributed by atoms with Crippen molar-refractivity contribution in [3.05, 3.63) is 23.3 Å². The molecule has 0 atom stereocenters. The van der Waals surface area contributed by atoms with Crippen molar-refractivity contribution in [1.29, 1.82) is 0 Å². The van der Waals surface area contributed by atoms with Crippen LogP contribution in [0.25, 0.3) is 0 Å². The maximum atomic E-state index is 9.70. The van der Waals surface area contributed by atoms with Gasteiger partial charge >= 0.3 is 5.97 Å². The predicted molar refractivity (Wildman–Crippen MR) is 72.0 cm³/mol. The van der Waals surface area contributed by atoms with E-state index in [9.17, 15) is 4.79 Å². The normalized spacial score (nSPS) is 10.6. The van der Waals surface area contributed by atoms with Gasteiger partial charge in [0.2, 0.25) is 0 Å². The van der Waals surface area contributed by atoms with Crippen molar-refractivity contribution >= 4 is 5.97 Å². The molecule has 0 aromatic rings. The first kappa shape index (κ1) is 18.3. The fraction of sp³-hybridized carbons (Fsp3) is 0.643. The maximum Gasteiger partial charge on any atom is 0.305 e. The van der Waals surface area contributed by atoms with E-state index in [-0.39, 0.29) is 12.5 Å². The van der Waals surface area contributed by atoms with Gasteiger partial charge in [0.05, 0.1) is 12.5 Å². The molecule has 17 heavy (non-hydrogen) atoms. The number of aliphatic hydroxyl groups excluding tert-OH is 1. The molecule has 0 unspecified atom stereocenters. The van der Waals surface area contributed by atoms with Crippen molar-refractivity contribution in [2.45, 2.75) is 47.5 Å². The number of hydrogen-bond acceptors (Lipinski definition) is 2. The molecule has 0 aliphatic rings. The molecule has 2 N–H and O–H groups in total. The van der Waals surface area contributed by atoms with Gasteiger partial charge in [0, 0.05) is 0 Å². The minimum absolute atomic E-state index is 0.167. The summed E-state index contributed by atoms with van der Waals surface area (Å²) in [6.45, 7) is 9.70. The van der Waals surface area contributed by atoms with Crippen molar-refractivity contribution in [1.82, 2.24) is 0 Å². The number of rotatable bonds is 5. The average molecular weight is 242 g/mol. The number of aliphatic carboxylic acids is 1. The lowest BCUT2D eigenvalue weighted by Gasteiger charge is -1.96. The number of carboxylic acid groups (broad SMARTS) is 1. The predicted octanol–water partition coefficient (Wildman–Crippen LogP) is 3.40. The van der Waals surface area contributed by atoms with Gasteiger partial charge in [0.15, 0.2) is 0 Å². The highest BCUT2D eigenvalue weighted by atomic mass is 16.4. The lowest BCUT2D eigenvalue weighted by molar-refractivity contribution is -0.140. The number of aliphatic hydroxyl groups is 1. The second kappa shape index (κ2) is 11.4. The third-order valence-electron chi connectivity index (χ3n) is 2.02. The summed E-state index contributed by atoms with van der Waals surface area (Å²) in [6.07, 6.45) is 6.23. The van der Waals surface area contributed by atoms with Crippen LogP contribution in [0.1, 0.15) is 47.5 Å². The Labute approximate surface area is 105 Å². The van der Waals surface area contributed by atoms with Crippen LogP contribution in [0.4, 0.5) is 0 Å². The smallest absolute Gasteiger partial charge is 0.305 e. The quantitative estimate of drug-likeness (QED) is 0.726. The molecule has 0 bridgehead atoms. The molecule has 3 heteroatoms. The van der Waals surface area contributed by atoms with Gasteiger partial charge in [-0.3, -0.25) is 4.79 Å². The van der Waals surface area contributed by atoms with E-state index in [2.05, 4.69) is 26.8 Å². The fourth-order valence-corrected chi connectivity index (χ4v) is 0.846. The molecule has 0 aliphatic heterocycles. The van der Waals surface area contributed by atoms with Crippen molar-refractivity contribution in [3.63, 3.8) is 0 Å². The summed E-state index contributed by atoms with van der Waals surface area (Å²) < 4.78 is 0. The van der Waals surface area contributed by atoms with Gasteiger partial charge in [-0.25, -0.2) is 0 Å². The Morgan fingerprint density at radius 1 is 1.18 bits per heavy atom. The molecule has 100 valence electrons. The average Bonchev–Trinajstić information content (AvgIpc) is 2.18. The molecule has 0 fully saturated rings. The summed E-state index contributed by atoms with van der Waals surface area (Å²) in [5.74, 6) is -0.972. The van der Waals surface area contributed by atoms with E-state index in [1.807, 2.05) is 6.08 Å². The van der Waals surface area contributed by atoms with Crippen LogP contribution in [0.15, 0.2) is 23.3 Å². The zero-order valence-corrected chi connectivity index (χ0v) is 11.7. The van der Waals surface area contributed by atoms with Gasteiger partial charge in [0.1, 0.15) is 0 Å². The molecule has 0 aliphatic carbocycles. The van der Waals surface area contributed by atoms with Crippen LogP contribution in [0.2, 0.25) is 0 Å². The van der Waals surface area contributed by atoms with E-state index in [1.54, 1.807) is 13.8 Å². The van der Waals surface area contributed by atoms with Crippen LogP contribution in [-0.2, 0) is 4.79 Å². The Bertz CT molecular complexity index is 259. The van der Waals surface area contributed by atoms with Gasteiger partial charge in [-0.1, -0.05) is 37.1 Å². The van der Waals surface area contributed by atoms with E-state index >= 15 is 0 Å². The van der Waals surface area contributed by atoms with Crippen LogP contribution < -0.4 is 0 Å². The van der Waals surface area contributed by atoms with Crippen LogP contribution in [0, 0.1) is 5.92 Å². The molecule has 0 heterocycles. The van der Waals surface area contributed by atoms with Crippen LogP contribution in [-0.4, -0.2) is 22.8 Å². The zero-order chi connectivity index (χ0) is 13.8. The van der Waals surface area contributed by atoms with E-state index in [0.29, 0.717) is 0 Å². The lowest BCUT2D eigenvalue weighted by atomic mass is 10.1. The van der Waals surface area contributed by atoms with Crippen molar-refractivity contribution in [3.8, 4) is 0 Å². The summed E-state index contributed by atoms with van der Waals surface area (Å²) in [4.78, 5) is 9.70. The maximum absolute atomic E-state index is 9.70. The highest BCUT2D eigenvalue weighted by Crippen LogP contribution is 2.05. The minimum atomic E-state index is -0.741. The highest BCUT2D eigenvalue weighted by molar-refractivity contribution is 5.68. The van der Waals surface area contributed by atoms with Crippen LogP contribution in [0.5, 0.6) is 0 Å². The molecule has 0 amide bonds. The van der Waals surface area contributed by atoms with E-state index < -0.39 is 5.97 Å². The number of carboxylic acids is 1. The third-order valence-corrected chi connectivity index (χ3v) is 2.02. The molecule has 0 aromatic heterocycles. The lowest BCUT2D eigenvalue weighted by Crippen LogP contribution is -2.03. The second-order valence-electron chi connectivity index (χ2n) is 4.55. The molecule has 0 saturated heterocycles. The summed E-state index contributed by atoms with van der Waals surface area (Å²) >= 11 is 0.